The van der Waals surface area contributed by atoms with Gasteiger partial charge in [-0.2, -0.15) is 0 Å². The van der Waals surface area contributed by atoms with Gasteiger partial charge in [0, 0.05) is 16.4 Å². The highest BCUT2D eigenvalue weighted by atomic mass is 14.5. The fraction of sp³-hybridized carbons (Fsp3) is 0.172. The summed E-state index contributed by atoms with van der Waals surface area (Å²) in [6.07, 6.45) is 18.4. The third-order valence-electron chi connectivity index (χ3n) is 14.6. The van der Waals surface area contributed by atoms with Gasteiger partial charge in [0.25, 0.3) is 0 Å². The van der Waals surface area contributed by atoms with E-state index < -0.39 is 0 Å². The topological polar surface area (TPSA) is 47.7 Å². The largest absolute Gasteiger partial charge is 0.300 e. The van der Waals surface area contributed by atoms with Crippen LogP contribution in [0.3, 0.4) is 0 Å². The van der Waals surface area contributed by atoms with Crippen LogP contribution < -0.4 is 0 Å². The first-order valence-electron chi connectivity index (χ1n) is 21.7. The predicted octanol–water partition coefficient (Wildman–Crippen LogP) is 15.3. The van der Waals surface area contributed by atoms with E-state index in [2.05, 4.69) is 141 Å². The average molecular weight is 773 g/mol. The molecule has 0 unspecified atom stereocenters. The first-order chi connectivity index (χ1) is 29.4. The molecule has 0 amide bonds. The molecule has 2 N–H and O–H groups in total. The molecule has 0 aliphatic heterocycles. The number of fused-ring (bicyclic) bond motifs is 12. The van der Waals surface area contributed by atoms with Gasteiger partial charge in [-0.05, 0) is 150 Å². The third kappa shape index (κ3) is 5.33. The Morgan fingerprint density at radius 1 is 0.483 bits per heavy atom. The average Bonchev–Trinajstić information content (AvgIpc) is 4.10. The second-order valence-corrected chi connectivity index (χ2v) is 17.5. The van der Waals surface area contributed by atoms with Crippen molar-refractivity contribution in [3.63, 3.8) is 0 Å². The summed E-state index contributed by atoms with van der Waals surface area (Å²) in [6.45, 7) is 7.82. The molecule has 2 saturated carbocycles. The standard InChI is InChI=1S/C58H48N2/c1-3-4-21-53(59)37(2)22-29-54(60)38-23-28-47-48(34-38)56(40-25-27-44-42-16-8-10-20-50(42)58(52(44)36-40)32-13-14-33-58)46-18-6-5-17-45(46)55(47)39-24-26-43-41-15-7-9-19-49(41)57(51(43)35-39)30-11-12-31-57/h3-10,15-29,34-36,59-60H,1-2,11-14,30-33H2/b21-4-,29-22-,59-53?,60-54?. The summed E-state index contributed by atoms with van der Waals surface area (Å²) < 4.78 is 0. The number of rotatable bonds is 8. The molecule has 4 aliphatic rings. The highest BCUT2D eigenvalue weighted by Gasteiger charge is 2.46. The quantitative estimate of drug-likeness (QED) is 0.0878. The fourth-order valence-electron chi connectivity index (χ4n) is 11.9. The summed E-state index contributed by atoms with van der Waals surface area (Å²) in [6, 6.07) is 48.4. The van der Waals surface area contributed by atoms with E-state index in [0.29, 0.717) is 17.0 Å². The van der Waals surface area contributed by atoms with E-state index in [4.69, 9.17) is 5.41 Å². The molecule has 4 aliphatic carbocycles. The zero-order valence-electron chi connectivity index (χ0n) is 34.1. The molecule has 0 saturated heterocycles. The van der Waals surface area contributed by atoms with Crippen molar-refractivity contribution >= 4 is 33.0 Å². The molecule has 0 bridgehead atoms. The first-order valence-corrected chi connectivity index (χ1v) is 21.7. The molecular weight excluding hydrogens is 725 g/mol. The fourth-order valence-corrected chi connectivity index (χ4v) is 11.9. The maximum atomic E-state index is 9.32. The van der Waals surface area contributed by atoms with E-state index in [-0.39, 0.29) is 10.8 Å². The van der Waals surface area contributed by atoms with E-state index in [9.17, 15) is 5.41 Å². The predicted molar refractivity (Wildman–Crippen MR) is 254 cm³/mol. The van der Waals surface area contributed by atoms with Crippen LogP contribution in [0.2, 0.25) is 0 Å². The van der Waals surface area contributed by atoms with Gasteiger partial charge in [0.2, 0.25) is 0 Å². The van der Waals surface area contributed by atoms with Gasteiger partial charge in [-0.15, -0.1) is 0 Å². The summed E-state index contributed by atoms with van der Waals surface area (Å²) in [7, 11) is 0. The van der Waals surface area contributed by atoms with Gasteiger partial charge in [-0.3, -0.25) is 0 Å². The Hall–Kier alpha value is -6.64. The Labute approximate surface area is 353 Å². The highest BCUT2D eigenvalue weighted by molar-refractivity contribution is 6.23. The molecule has 7 aromatic carbocycles. The monoisotopic (exact) mass is 772 g/mol. The summed E-state index contributed by atoms with van der Waals surface area (Å²) in [5.41, 5.74) is 18.6. The third-order valence-corrected chi connectivity index (χ3v) is 14.6. The van der Waals surface area contributed by atoms with Crippen LogP contribution in [0.4, 0.5) is 0 Å². The molecule has 0 heterocycles. The second-order valence-electron chi connectivity index (χ2n) is 17.5. The van der Waals surface area contributed by atoms with Crippen LogP contribution in [0.25, 0.3) is 66.1 Å². The van der Waals surface area contributed by atoms with Crippen LogP contribution in [0.15, 0.2) is 177 Å². The van der Waals surface area contributed by atoms with Crippen LogP contribution in [0.5, 0.6) is 0 Å². The van der Waals surface area contributed by atoms with Gasteiger partial charge in [0.1, 0.15) is 0 Å². The number of hydrogen-bond acceptors (Lipinski definition) is 2. The lowest BCUT2D eigenvalue weighted by molar-refractivity contribution is 0.550. The summed E-state index contributed by atoms with van der Waals surface area (Å²) in [5, 5.41) is 22.5. The maximum Gasteiger partial charge on any atom is 0.0612 e. The number of nitrogens with one attached hydrogen (secondary N) is 2. The molecule has 60 heavy (non-hydrogen) atoms. The molecule has 0 atom stereocenters. The van der Waals surface area contributed by atoms with Gasteiger partial charge in [0.15, 0.2) is 0 Å². The normalized spacial score (nSPS) is 16.5. The highest BCUT2D eigenvalue weighted by Crippen LogP contribution is 2.59. The smallest absolute Gasteiger partial charge is 0.0612 e. The van der Waals surface area contributed by atoms with Gasteiger partial charge in [0.05, 0.1) is 11.4 Å². The van der Waals surface area contributed by atoms with Crippen LogP contribution in [0.1, 0.15) is 79.2 Å². The molecule has 290 valence electrons. The zero-order valence-corrected chi connectivity index (χ0v) is 34.1. The van der Waals surface area contributed by atoms with E-state index in [1.54, 1.807) is 30.4 Å². The zero-order chi connectivity index (χ0) is 40.6. The Morgan fingerprint density at radius 3 is 1.52 bits per heavy atom. The molecule has 2 fully saturated rings. The number of hydrogen-bond donors (Lipinski definition) is 2. The summed E-state index contributed by atoms with van der Waals surface area (Å²) in [5.74, 6) is 0. The molecule has 2 nitrogen and oxygen atoms in total. The Kier molecular flexibility index (Phi) is 8.50. The van der Waals surface area contributed by atoms with E-state index in [1.165, 1.54) is 134 Å². The van der Waals surface area contributed by atoms with Gasteiger partial charge >= 0.3 is 0 Å². The Balaban J connectivity index is 1.14. The maximum absolute atomic E-state index is 9.32. The van der Waals surface area contributed by atoms with Crippen molar-refractivity contribution in [3.8, 4) is 44.5 Å². The van der Waals surface area contributed by atoms with Crippen LogP contribution in [-0.4, -0.2) is 11.4 Å². The van der Waals surface area contributed by atoms with Crippen molar-refractivity contribution in [3.05, 3.63) is 204 Å². The van der Waals surface area contributed by atoms with Gasteiger partial charge < -0.3 is 10.8 Å². The van der Waals surface area contributed by atoms with E-state index >= 15 is 0 Å². The SMILES string of the molecule is C=C/C=C\C(=N)C(=C)/C=C\C(=N)c1ccc2c(-c3ccc4c(c3)C3(CCCC3)c3ccccc3-4)c3ccccc3c(-c3ccc4c(c3)C3(CCCC3)c3ccccc3-4)c2c1. The van der Waals surface area contributed by atoms with Crippen LogP contribution in [-0.2, 0) is 10.8 Å². The molecule has 0 aromatic heterocycles. The van der Waals surface area contributed by atoms with Crippen LogP contribution >= 0.6 is 0 Å². The first kappa shape index (κ1) is 36.4. The number of allylic oxidation sites excluding steroid dienone is 6. The lowest BCUT2D eigenvalue weighted by atomic mass is 9.75. The van der Waals surface area contributed by atoms with Crippen molar-refractivity contribution in [2.45, 2.75) is 62.2 Å². The van der Waals surface area contributed by atoms with Gasteiger partial charge in [-0.1, -0.05) is 166 Å². The number of benzene rings is 7. The van der Waals surface area contributed by atoms with Gasteiger partial charge in [-0.25, -0.2) is 0 Å². The molecule has 2 spiro atoms. The minimum absolute atomic E-state index is 0.0563. The lowest BCUT2D eigenvalue weighted by Crippen LogP contribution is -2.20. The Bertz CT molecular complexity index is 3060. The summed E-state index contributed by atoms with van der Waals surface area (Å²) >= 11 is 0. The minimum atomic E-state index is 0.0563. The summed E-state index contributed by atoms with van der Waals surface area (Å²) in [4.78, 5) is 0. The molecular formula is C58H48N2. The lowest BCUT2D eigenvalue weighted by Gasteiger charge is -2.28. The van der Waals surface area contributed by atoms with Crippen molar-refractivity contribution < 1.29 is 0 Å². The van der Waals surface area contributed by atoms with Crippen molar-refractivity contribution in [1.82, 2.24) is 0 Å². The van der Waals surface area contributed by atoms with Crippen molar-refractivity contribution in [1.29, 1.82) is 10.8 Å². The van der Waals surface area contributed by atoms with Crippen molar-refractivity contribution in [2.75, 3.05) is 0 Å². The second kappa shape index (κ2) is 14.0. The molecule has 11 rings (SSSR count). The minimum Gasteiger partial charge on any atom is -0.300 e. The van der Waals surface area contributed by atoms with Crippen LogP contribution in [0, 0.1) is 10.8 Å². The molecule has 0 radical (unpaired) electrons. The molecule has 7 aromatic rings. The Morgan fingerprint density at radius 2 is 0.967 bits per heavy atom. The molecule has 2 heteroatoms. The van der Waals surface area contributed by atoms with E-state index in [1.807, 2.05) is 0 Å². The van der Waals surface area contributed by atoms with E-state index in [0.717, 1.165) is 10.9 Å². The van der Waals surface area contributed by atoms with Crippen molar-refractivity contribution in [2.24, 2.45) is 0 Å².